The van der Waals surface area contributed by atoms with Gasteiger partial charge in [0.15, 0.2) is 6.10 Å². The maximum absolute atomic E-state index is 13.2. The monoisotopic (exact) mass is 399 g/mol. The number of halogens is 1. The number of nitrogens with zero attached hydrogens (tertiary/aromatic N) is 2. The smallest absolute Gasteiger partial charge is 0.263 e. The Labute approximate surface area is 170 Å². The van der Waals surface area contributed by atoms with E-state index in [9.17, 15) is 14.0 Å². The van der Waals surface area contributed by atoms with Gasteiger partial charge in [-0.1, -0.05) is 18.2 Å². The second-order valence-electron chi connectivity index (χ2n) is 7.24. The van der Waals surface area contributed by atoms with Crippen molar-refractivity contribution in [2.75, 3.05) is 38.0 Å². The lowest BCUT2D eigenvalue weighted by Gasteiger charge is -2.35. The minimum absolute atomic E-state index is 0.0598. The molecule has 2 amide bonds. The van der Waals surface area contributed by atoms with E-state index in [1.807, 2.05) is 36.1 Å². The van der Waals surface area contributed by atoms with Crippen molar-refractivity contribution in [1.29, 1.82) is 0 Å². The summed E-state index contributed by atoms with van der Waals surface area (Å²) in [5.74, 6) is 0.0253. The standard InChI is InChI=1S/C22H26FN3O3/c1-16-5-3-8-20(13-16)29-17(2)22(28)26-11-9-25(10-12-26)15-21(27)24-19-7-4-6-18(23)14-19/h3-8,13-14,17H,9-12,15H2,1-2H3,(H,24,27)/t17-/m0/s1. The zero-order chi connectivity index (χ0) is 20.8. The average Bonchev–Trinajstić information content (AvgIpc) is 2.68. The van der Waals surface area contributed by atoms with Crippen molar-refractivity contribution < 1.29 is 18.7 Å². The van der Waals surface area contributed by atoms with Crippen LogP contribution < -0.4 is 10.1 Å². The number of hydrogen-bond acceptors (Lipinski definition) is 4. The summed E-state index contributed by atoms with van der Waals surface area (Å²) >= 11 is 0. The molecular formula is C22H26FN3O3. The zero-order valence-electron chi connectivity index (χ0n) is 16.7. The molecule has 2 aromatic carbocycles. The van der Waals surface area contributed by atoms with E-state index in [1.54, 1.807) is 24.0 Å². The third-order valence-electron chi connectivity index (χ3n) is 4.81. The molecule has 1 fully saturated rings. The SMILES string of the molecule is Cc1cccc(O[C@@H](C)C(=O)N2CCN(CC(=O)Nc3cccc(F)c3)CC2)c1. The predicted molar refractivity (Wildman–Crippen MR) is 109 cm³/mol. The van der Waals surface area contributed by atoms with Gasteiger partial charge in [-0.05, 0) is 49.7 Å². The molecule has 1 saturated heterocycles. The van der Waals surface area contributed by atoms with Crippen LogP contribution in [0.3, 0.4) is 0 Å². The molecule has 1 atom stereocenters. The predicted octanol–water partition coefficient (Wildman–Crippen LogP) is 2.68. The molecule has 6 nitrogen and oxygen atoms in total. The van der Waals surface area contributed by atoms with Gasteiger partial charge in [0.1, 0.15) is 11.6 Å². The number of aryl methyl sites for hydroxylation is 1. The minimum Gasteiger partial charge on any atom is -0.481 e. The molecule has 3 rings (SSSR count). The number of amides is 2. The molecule has 0 unspecified atom stereocenters. The fourth-order valence-corrected chi connectivity index (χ4v) is 3.30. The van der Waals surface area contributed by atoms with Gasteiger partial charge in [0.25, 0.3) is 5.91 Å². The normalized spacial score (nSPS) is 15.6. The van der Waals surface area contributed by atoms with Crippen molar-refractivity contribution in [2.24, 2.45) is 0 Å². The first-order chi connectivity index (χ1) is 13.9. The van der Waals surface area contributed by atoms with Crippen molar-refractivity contribution in [3.05, 3.63) is 59.9 Å². The first kappa shape index (κ1) is 20.8. The van der Waals surface area contributed by atoms with Crippen LogP contribution in [0, 0.1) is 12.7 Å². The number of carbonyl (C=O) groups is 2. The number of ether oxygens (including phenoxy) is 1. The number of anilines is 1. The number of nitrogens with one attached hydrogen (secondary N) is 1. The third kappa shape index (κ3) is 6.02. The summed E-state index contributed by atoms with van der Waals surface area (Å²) in [6.45, 7) is 6.19. The number of rotatable bonds is 6. The van der Waals surface area contributed by atoms with Gasteiger partial charge in [-0.3, -0.25) is 14.5 Å². The largest absolute Gasteiger partial charge is 0.481 e. The van der Waals surface area contributed by atoms with Crippen molar-refractivity contribution in [3.63, 3.8) is 0 Å². The fraction of sp³-hybridized carbons (Fsp3) is 0.364. The van der Waals surface area contributed by atoms with Crippen molar-refractivity contribution in [1.82, 2.24) is 9.80 Å². The molecule has 1 N–H and O–H groups in total. The number of hydrogen-bond donors (Lipinski definition) is 1. The van der Waals surface area contributed by atoms with Gasteiger partial charge in [0, 0.05) is 31.9 Å². The first-order valence-electron chi connectivity index (χ1n) is 9.70. The summed E-state index contributed by atoms with van der Waals surface area (Å²) in [4.78, 5) is 28.6. The Morgan fingerprint density at radius 2 is 1.83 bits per heavy atom. The molecule has 1 heterocycles. The fourth-order valence-electron chi connectivity index (χ4n) is 3.30. The van der Waals surface area contributed by atoms with E-state index in [0.717, 1.165) is 5.56 Å². The van der Waals surface area contributed by atoms with Crippen LogP contribution in [-0.4, -0.2) is 60.4 Å². The van der Waals surface area contributed by atoms with Crippen molar-refractivity contribution in [3.8, 4) is 5.75 Å². The van der Waals surface area contributed by atoms with E-state index in [0.29, 0.717) is 37.6 Å². The summed E-state index contributed by atoms with van der Waals surface area (Å²) in [7, 11) is 0. The number of carbonyl (C=O) groups excluding carboxylic acids is 2. The van der Waals surface area contributed by atoms with E-state index in [1.165, 1.54) is 12.1 Å². The van der Waals surface area contributed by atoms with Crippen LogP contribution in [0.25, 0.3) is 0 Å². The van der Waals surface area contributed by atoms with E-state index in [-0.39, 0.29) is 18.4 Å². The average molecular weight is 399 g/mol. The van der Waals surface area contributed by atoms with Gasteiger partial charge in [-0.15, -0.1) is 0 Å². The summed E-state index contributed by atoms with van der Waals surface area (Å²) in [6, 6.07) is 13.4. The molecule has 1 aliphatic rings. The molecule has 7 heteroatoms. The molecule has 0 spiro atoms. The Morgan fingerprint density at radius 3 is 2.52 bits per heavy atom. The van der Waals surface area contributed by atoms with Crippen LogP contribution in [0.15, 0.2) is 48.5 Å². The minimum atomic E-state index is -0.570. The van der Waals surface area contributed by atoms with Crippen molar-refractivity contribution in [2.45, 2.75) is 20.0 Å². The Morgan fingerprint density at radius 1 is 1.10 bits per heavy atom. The van der Waals surface area contributed by atoms with Gasteiger partial charge in [-0.2, -0.15) is 0 Å². The summed E-state index contributed by atoms with van der Waals surface area (Å²) in [5, 5.41) is 2.69. The van der Waals surface area contributed by atoms with Crippen LogP contribution in [0.5, 0.6) is 5.75 Å². The highest BCUT2D eigenvalue weighted by atomic mass is 19.1. The molecular weight excluding hydrogens is 373 g/mol. The molecule has 0 radical (unpaired) electrons. The molecule has 0 aromatic heterocycles. The van der Waals surface area contributed by atoms with E-state index in [2.05, 4.69) is 5.32 Å². The second kappa shape index (κ2) is 9.52. The van der Waals surface area contributed by atoms with E-state index >= 15 is 0 Å². The Hall–Kier alpha value is -2.93. The van der Waals surface area contributed by atoms with E-state index < -0.39 is 11.9 Å². The summed E-state index contributed by atoms with van der Waals surface area (Å²) in [6.07, 6.45) is -0.570. The van der Waals surface area contributed by atoms with Gasteiger partial charge < -0.3 is 15.0 Å². The Balaban J connectivity index is 1.44. The molecule has 2 aromatic rings. The van der Waals surface area contributed by atoms with Crippen molar-refractivity contribution >= 4 is 17.5 Å². The Bertz CT molecular complexity index is 866. The quantitative estimate of drug-likeness (QED) is 0.811. The van der Waals surface area contributed by atoms with Crippen LogP contribution in [-0.2, 0) is 9.59 Å². The molecule has 154 valence electrons. The van der Waals surface area contributed by atoms with Crippen LogP contribution >= 0.6 is 0 Å². The maximum atomic E-state index is 13.2. The lowest BCUT2D eigenvalue weighted by Crippen LogP contribution is -2.53. The molecule has 0 aliphatic carbocycles. The first-order valence-corrected chi connectivity index (χ1v) is 9.70. The highest BCUT2D eigenvalue weighted by Crippen LogP contribution is 2.16. The topological polar surface area (TPSA) is 61.9 Å². The van der Waals surface area contributed by atoms with Crippen LogP contribution in [0.2, 0.25) is 0 Å². The zero-order valence-corrected chi connectivity index (χ0v) is 16.7. The highest BCUT2D eigenvalue weighted by molar-refractivity contribution is 5.92. The number of piperazine rings is 1. The molecule has 0 bridgehead atoms. The lowest BCUT2D eigenvalue weighted by molar-refractivity contribution is -0.139. The Kier molecular flexibility index (Phi) is 6.82. The molecule has 1 aliphatic heterocycles. The van der Waals surface area contributed by atoms with Gasteiger partial charge >= 0.3 is 0 Å². The number of benzene rings is 2. The third-order valence-corrected chi connectivity index (χ3v) is 4.81. The van der Waals surface area contributed by atoms with Crippen LogP contribution in [0.4, 0.5) is 10.1 Å². The summed E-state index contributed by atoms with van der Waals surface area (Å²) in [5.41, 5.74) is 1.51. The molecule has 0 saturated carbocycles. The maximum Gasteiger partial charge on any atom is 0.263 e. The second-order valence-corrected chi connectivity index (χ2v) is 7.24. The van der Waals surface area contributed by atoms with Crippen LogP contribution in [0.1, 0.15) is 12.5 Å². The van der Waals surface area contributed by atoms with Gasteiger partial charge in [-0.25, -0.2) is 4.39 Å². The van der Waals surface area contributed by atoms with E-state index in [4.69, 9.17) is 4.74 Å². The summed E-state index contributed by atoms with van der Waals surface area (Å²) < 4.78 is 19.0. The lowest BCUT2D eigenvalue weighted by atomic mass is 10.2. The van der Waals surface area contributed by atoms with Gasteiger partial charge in [0.05, 0.1) is 6.54 Å². The highest BCUT2D eigenvalue weighted by Gasteiger charge is 2.26. The molecule has 29 heavy (non-hydrogen) atoms. The van der Waals surface area contributed by atoms with Gasteiger partial charge in [0.2, 0.25) is 5.91 Å².